The molecule has 0 saturated carbocycles. The lowest BCUT2D eigenvalue weighted by atomic mass is 10.2. The fraction of sp³-hybridized carbons (Fsp3) is 0.286. The number of para-hydroxylation sites is 1. The number of nitrogens with one attached hydrogen (secondary N) is 1. The molecule has 0 aliphatic rings. The molecule has 3 rings (SSSR count). The van der Waals surface area contributed by atoms with Gasteiger partial charge in [-0.15, -0.1) is 0 Å². The Kier molecular flexibility index (Phi) is 6.80. The molecule has 3 aromatic rings. The van der Waals surface area contributed by atoms with Gasteiger partial charge in [0.1, 0.15) is 5.82 Å². The normalized spacial score (nSPS) is 10.8. The number of anilines is 1. The highest BCUT2D eigenvalue weighted by Crippen LogP contribution is 2.16. The number of nitrogens with zero attached hydrogens (tertiary/aromatic N) is 3. The highest BCUT2D eigenvalue weighted by Gasteiger charge is 2.13. The first-order valence-corrected chi connectivity index (χ1v) is 10.5. The van der Waals surface area contributed by atoms with Crippen molar-refractivity contribution >= 4 is 49.9 Å². The Bertz CT molecular complexity index is 1040. The number of likely N-dealkylation sites (N-methyl/N-ethyl adjacent to an activating group) is 1. The second kappa shape index (κ2) is 9.30. The van der Waals surface area contributed by atoms with Gasteiger partial charge in [-0.05, 0) is 49.5 Å². The maximum Gasteiger partial charge on any atom is 0.261 e. The van der Waals surface area contributed by atoms with E-state index in [1.807, 2.05) is 55.5 Å². The average Bonchev–Trinajstić information content (AvgIpc) is 2.70. The molecule has 0 atom stereocenters. The largest absolute Gasteiger partial charge is 0.348 e. The lowest BCUT2D eigenvalue weighted by molar-refractivity contribution is 0.409. The molecule has 0 bridgehead atoms. The first-order chi connectivity index (χ1) is 13.5. The molecule has 1 N–H and O–H groups in total. The fourth-order valence-electron chi connectivity index (χ4n) is 3.09. The third-order valence-electron chi connectivity index (χ3n) is 4.60. The van der Waals surface area contributed by atoms with Crippen LogP contribution in [0, 0.1) is 0 Å². The number of hydrogen-bond donors (Lipinski definition) is 1. The highest BCUT2D eigenvalue weighted by molar-refractivity contribution is 9.10. The number of thiocarbonyl (C=S) groups is 1. The molecule has 1 aromatic heterocycles. The Morgan fingerprint density at radius 3 is 2.64 bits per heavy atom. The molecule has 2 aromatic carbocycles. The summed E-state index contributed by atoms with van der Waals surface area (Å²) in [4.78, 5) is 19.8. The fourth-order valence-corrected chi connectivity index (χ4v) is 3.79. The van der Waals surface area contributed by atoms with E-state index in [-0.39, 0.29) is 5.56 Å². The van der Waals surface area contributed by atoms with E-state index in [0.29, 0.717) is 30.0 Å². The van der Waals surface area contributed by atoms with E-state index >= 15 is 0 Å². The Balaban J connectivity index is 1.82. The van der Waals surface area contributed by atoms with Crippen LogP contribution in [0.5, 0.6) is 0 Å². The zero-order valence-corrected chi connectivity index (χ0v) is 18.4. The van der Waals surface area contributed by atoms with E-state index < -0.39 is 0 Å². The van der Waals surface area contributed by atoms with Crippen LogP contribution in [0.15, 0.2) is 57.8 Å². The van der Waals surface area contributed by atoms with Crippen molar-refractivity contribution in [2.75, 3.05) is 18.4 Å². The van der Waals surface area contributed by atoms with Gasteiger partial charge in [-0.1, -0.05) is 41.1 Å². The SMILES string of the molecule is CCc1nc2ccc(Br)cc2c(=O)n1CCN(CC)C(=S)Nc1ccccc1. The molecule has 0 radical (unpaired) electrons. The van der Waals surface area contributed by atoms with Crippen molar-refractivity contribution in [3.05, 3.63) is 69.2 Å². The van der Waals surface area contributed by atoms with E-state index in [2.05, 4.69) is 38.1 Å². The molecule has 28 heavy (non-hydrogen) atoms. The number of halogens is 1. The van der Waals surface area contributed by atoms with E-state index in [0.717, 1.165) is 28.0 Å². The van der Waals surface area contributed by atoms with Crippen molar-refractivity contribution in [2.24, 2.45) is 0 Å². The number of fused-ring (bicyclic) bond motifs is 1. The zero-order valence-electron chi connectivity index (χ0n) is 16.0. The predicted molar refractivity (Wildman–Crippen MR) is 123 cm³/mol. The van der Waals surface area contributed by atoms with Gasteiger partial charge in [0.2, 0.25) is 0 Å². The Labute approximate surface area is 178 Å². The van der Waals surface area contributed by atoms with E-state index in [4.69, 9.17) is 12.2 Å². The third-order valence-corrected chi connectivity index (χ3v) is 5.45. The maximum absolute atomic E-state index is 13.1. The van der Waals surface area contributed by atoms with Gasteiger partial charge in [-0.3, -0.25) is 9.36 Å². The van der Waals surface area contributed by atoms with Gasteiger partial charge in [0.05, 0.1) is 10.9 Å². The minimum absolute atomic E-state index is 0.0128. The summed E-state index contributed by atoms with van der Waals surface area (Å²) in [6.07, 6.45) is 0.695. The molecule has 0 unspecified atom stereocenters. The quantitative estimate of drug-likeness (QED) is 0.553. The molecular weight excluding hydrogens is 436 g/mol. The molecule has 0 amide bonds. The van der Waals surface area contributed by atoms with Gasteiger partial charge in [0, 0.05) is 36.2 Å². The van der Waals surface area contributed by atoms with E-state index in [1.165, 1.54) is 0 Å². The Hall–Kier alpha value is -2.25. The van der Waals surface area contributed by atoms with Crippen LogP contribution >= 0.6 is 28.1 Å². The van der Waals surface area contributed by atoms with E-state index in [9.17, 15) is 4.79 Å². The minimum Gasteiger partial charge on any atom is -0.348 e. The second-order valence-corrected chi connectivity index (χ2v) is 7.68. The van der Waals surface area contributed by atoms with Gasteiger partial charge in [-0.25, -0.2) is 4.98 Å². The molecule has 1 heterocycles. The second-order valence-electron chi connectivity index (χ2n) is 6.38. The molecule has 0 aliphatic heterocycles. The smallest absolute Gasteiger partial charge is 0.261 e. The number of aryl methyl sites for hydroxylation is 1. The van der Waals surface area contributed by atoms with Gasteiger partial charge < -0.3 is 10.2 Å². The molecule has 0 aliphatic carbocycles. The molecule has 0 fully saturated rings. The van der Waals surface area contributed by atoms with Crippen LogP contribution in [0.3, 0.4) is 0 Å². The van der Waals surface area contributed by atoms with E-state index in [1.54, 1.807) is 4.57 Å². The van der Waals surface area contributed by atoms with Crippen LogP contribution in [-0.4, -0.2) is 32.7 Å². The molecule has 5 nitrogen and oxygen atoms in total. The number of benzene rings is 2. The summed E-state index contributed by atoms with van der Waals surface area (Å²) in [6, 6.07) is 15.5. The summed E-state index contributed by atoms with van der Waals surface area (Å²) in [6.45, 7) is 5.98. The van der Waals surface area contributed by atoms with Gasteiger partial charge in [0.15, 0.2) is 5.11 Å². The van der Waals surface area contributed by atoms with Crippen molar-refractivity contribution in [1.29, 1.82) is 0 Å². The van der Waals surface area contributed by atoms with Crippen molar-refractivity contribution in [3.63, 3.8) is 0 Å². The number of hydrogen-bond acceptors (Lipinski definition) is 3. The highest BCUT2D eigenvalue weighted by atomic mass is 79.9. The summed E-state index contributed by atoms with van der Waals surface area (Å²) >= 11 is 9.01. The number of rotatable bonds is 6. The van der Waals surface area contributed by atoms with Crippen molar-refractivity contribution in [1.82, 2.24) is 14.5 Å². The Morgan fingerprint density at radius 2 is 1.96 bits per heavy atom. The van der Waals surface area contributed by atoms with Crippen molar-refractivity contribution in [2.45, 2.75) is 26.8 Å². The molecule has 7 heteroatoms. The standard InChI is InChI=1S/C21H23BrN4OS/c1-3-19-24-18-11-10-15(22)14-17(18)20(27)26(19)13-12-25(4-2)21(28)23-16-8-6-5-7-9-16/h5-11,14H,3-4,12-13H2,1-2H3,(H,23,28). The van der Waals surface area contributed by atoms with Gasteiger partial charge >= 0.3 is 0 Å². The zero-order chi connectivity index (χ0) is 20.1. The third kappa shape index (κ3) is 4.59. The predicted octanol–water partition coefficient (Wildman–Crippen LogP) is 4.44. The summed E-state index contributed by atoms with van der Waals surface area (Å²) in [5, 5.41) is 4.53. The number of aromatic nitrogens is 2. The summed E-state index contributed by atoms with van der Waals surface area (Å²) < 4.78 is 2.64. The van der Waals surface area contributed by atoms with Crippen molar-refractivity contribution < 1.29 is 0 Å². The van der Waals surface area contributed by atoms with Crippen LogP contribution in [0.1, 0.15) is 19.7 Å². The lowest BCUT2D eigenvalue weighted by Crippen LogP contribution is -2.39. The van der Waals surface area contributed by atoms with Gasteiger partial charge in [-0.2, -0.15) is 0 Å². The van der Waals surface area contributed by atoms with Crippen LogP contribution in [-0.2, 0) is 13.0 Å². The minimum atomic E-state index is -0.0128. The van der Waals surface area contributed by atoms with Crippen LogP contribution < -0.4 is 10.9 Å². The first-order valence-electron chi connectivity index (χ1n) is 9.33. The van der Waals surface area contributed by atoms with Crippen LogP contribution in [0.2, 0.25) is 0 Å². The van der Waals surface area contributed by atoms with Crippen LogP contribution in [0.25, 0.3) is 10.9 Å². The Morgan fingerprint density at radius 1 is 1.21 bits per heavy atom. The molecule has 0 saturated heterocycles. The summed E-state index contributed by atoms with van der Waals surface area (Å²) in [5.74, 6) is 0.790. The first kappa shape index (κ1) is 20.5. The molecular formula is C21H23BrN4OS. The van der Waals surface area contributed by atoms with Gasteiger partial charge in [0.25, 0.3) is 5.56 Å². The average molecular weight is 459 g/mol. The molecule has 0 spiro atoms. The van der Waals surface area contributed by atoms with Crippen LogP contribution in [0.4, 0.5) is 5.69 Å². The lowest BCUT2D eigenvalue weighted by Gasteiger charge is -2.25. The molecule has 146 valence electrons. The summed E-state index contributed by atoms with van der Waals surface area (Å²) in [5.41, 5.74) is 1.67. The summed E-state index contributed by atoms with van der Waals surface area (Å²) in [7, 11) is 0. The maximum atomic E-state index is 13.1. The van der Waals surface area contributed by atoms with Crippen molar-refractivity contribution in [3.8, 4) is 0 Å². The topological polar surface area (TPSA) is 50.2 Å². The monoisotopic (exact) mass is 458 g/mol.